The van der Waals surface area contributed by atoms with Gasteiger partial charge in [0, 0.05) is 30.5 Å². The molecule has 9 heteroatoms. The second kappa shape index (κ2) is 8.41. The number of H-pyrrole nitrogens is 1. The molecule has 1 aliphatic rings. The summed E-state index contributed by atoms with van der Waals surface area (Å²) in [4.78, 5) is 32.1. The average molecular weight is 436 g/mol. The fourth-order valence-electron chi connectivity index (χ4n) is 3.63. The van der Waals surface area contributed by atoms with Crippen LogP contribution in [0.4, 0.5) is 0 Å². The fourth-order valence-corrected chi connectivity index (χ4v) is 5.94. The third-order valence-electron chi connectivity index (χ3n) is 5.11. The zero-order valence-corrected chi connectivity index (χ0v) is 18.6. The minimum Gasteiger partial charge on any atom is -0.355 e. The Labute approximate surface area is 175 Å². The lowest BCUT2D eigenvalue weighted by Crippen LogP contribution is -2.27. The molecule has 3 heterocycles. The van der Waals surface area contributed by atoms with Gasteiger partial charge < -0.3 is 4.98 Å². The molecule has 1 N–H and O–H groups in total. The number of nitrogens with zero attached hydrogens (tertiary/aromatic N) is 2. The van der Waals surface area contributed by atoms with Crippen molar-refractivity contribution in [2.75, 3.05) is 13.1 Å². The lowest BCUT2D eigenvalue weighted by atomic mass is 10.0. The number of carbonyl (C=O) groups excluding carboxylic acids is 2. The first kappa shape index (κ1) is 21.7. The standard InChI is InChI=1S/C20H25N3O4S2/c1-12-18(14(3)24)13(2)22-19(12)20(25)15(4)28-17-8-7-16(11-21-17)29(26,27)23-9-5-6-10-23/h7-8,11,15,22H,5-6,9-10H2,1-4H3/t15-/m1/s1. The third-order valence-corrected chi connectivity index (χ3v) is 8.05. The molecule has 1 saturated heterocycles. The second-order valence-electron chi connectivity index (χ2n) is 7.25. The first-order valence-electron chi connectivity index (χ1n) is 9.50. The van der Waals surface area contributed by atoms with Gasteiger partial charge in [0.1, 0.15) is 4.90 Å². The SMILES string of the molecule is CC(=O)c1c(C)[nH]c(C(=O)[C@@H](C)Sc2ccc(S(=O)(=O)N3CCCC3)cn2)c1C. The first-order valence-corrected chi connectivity index (χ1v) is 11.8. The molecule has 0 spiro atoms. The molecule has 0 amide bonds. The van der Waals surface area contributed by atoms with Gasteiger partial charge in [0.2, 0.25) is 10.0 Å². The Balaban J connectivity index is 1.74. The largest absolute Gasteiger partial charge is 0.355 e. The lowest BCUT2D eigenvalue weighted by molar-refractivity contribution is 0.0988. The first-order chi connectivity index (χ1) is 13.6. The van der Waals surface area contributed by atoms with E-state index in [1.165, 1.54) is 35.3 Å². The van der Waals surface area contributed by atoms with Gasteiger partial charge in [-0.3, -0.25) is 9.59 Å². The quantitative estimate of drug-likeness (QED) is 0.529. The van der Waals surface area contributed by atoms with Crippen LogP contribution in [0.5, 0.6) is 0 Å². The Kier molecular flexibility index (Phi) is 6.30. The van der Waals surface area contributed by atoms with Crippen molar-refractivity contribution in [3.63, 3.8) is 0 Å². The highest BCUT2D eigenvalue weighted by atomic mass is 32.2. The van der Waals surface area contributed by atoms with E-state index in [9.17, 15) is 18.0 Å². The number of aromatic nitrogens is 2. The molecule has 0 bridgehead atoms. The van der Waals surface area contributed by atoms with Crippen LogP contribution in [0.15, 0.2) is 28.3 Å². The van der Waals surface area contributed by atoms with Crippen molar-refractivity contribution >= 4 is 33.4 Å². The Morgan fingerprint density at radius 2 is 1.86 bits per heavy atom. The second-order valence-corrected chi connectivity index (χ2v) is 10.5. The number of Topliss-reactive ketones (excluding diaryl/α,β-unsaturated/α-hetero) is 2. The maximum Gasteiger partial charge on any atom is 0.244 e. The topological polar surface area (TPSA) is 100 Å². The number of hydrogen-bond acceptors (Lipinski definition) is 6. The molecule has 0 aliphatic carbocycles. The summed E-state index contributed by atoms with van der Waals surface area (Å²) in [5.41, 5.74) is 2.33. The van der Waals surface area contributed by atoms with Crippen molar-refractivity contribution in [2.45, 2.75) is 55.7 Å². The van der Waals surface area contributed by atoms with Crippen molar-refractivity contribution in [3.8, 4) is 0 Å². The number of pyridine rings is 1. The molecule has 1 fully saturated rings. The molecule has 156 valence electrons. The molecule has 1 atom stereocenters. The van der Waals surface area contributed by atoms with Crippen molar-refractivity contribution in [3.05, 3.63) is 40.8 Å². The zero-order valence-electron chi connectivity index (χ0n) is 17.0. The van der Waals surface area contributed by atoms with Crippen LogP contribution >= 0.6 is 11.8 Å². The molecule has 7 nitrogen and oxygen atoms in total. The van der Waals surface area contributed by atoms with Crippen LogP contribution < -0.4 is 0 Å². The van der Waals surface area contributed by atoms with E-state index in [0.29, 0.717) is 40.6 Å². The van der Waals surface area contributed by atoms with Crippen molar-refractivity contribution in [2.24, 2.45) is 0 Å². The van der Waals surface area contributed by atoms with Gasteiger partial charge in [-0.1, -0.05) is 11.8 Å². The van der Waals surface area contributed by atoms with E-state index in [-0.39, 0.29) is 16.5 Å². The van der Waals surface area contributed by atoms with Gasteiger partial charge in [0.05, 0.1) is 16.0 Å². The molecule has 1 aliphatic heterocycles. The highest BCUT2D eigenvalue weighted by Crippen LogP contribution is 2.28. The van der Waals surface area contributed by atoms with Gasteiger partial charge in [-0.15, -0.1) is 0 Å². The van der Waals surface area contributed by atoms with Crippen LogP contribution in [0, 0.1) is 13.8 Å². The Morgan fingerprint density at radius 3 is 2.38 bits per heavy atom. The third kappa shape index (κ3) is 4.31. The van der Waals surface area contributed by atoms with E-state index in [1.54, 1.807) is 26.8 Å². The molecule has 0 saturated carbocycles. The number of aromatic amines is 1. The van der Waals surface area contributed by atoms with Crippen LogP contribution in [-0.2, 0) is 10.0 Å². The van der Waals surface area contributed by atoms with Crippen molar-refractivity contribution < 1.29 is 18.0 Å². The average Bonchev–Trinajstić information content (AvgIpc) is 3.30. The maximum atomic E-state index is 12.9. The minimum absolute atomic E-state index is 0.0768. The Hall–Kier alpha value is -1.97. The smallest absolute Gasteiger partial charge is 0.244 e. The fraction of sp³-hybridized carbons (Fsp3) is 0.450. The Bertz CT molecular complexity index is 1040. The molecule has 3 rings (SSSR count). The number of thioether (sulfide) groups is 1. The summed E-state index contributed by atoms with van der Waals surface area (Å²) in [7, 11) is -3.50. The normalized spacial score (nSPS) is 16.1. The number of ketones is 2. The summed E-state index contributed by atoms with van der Waals surface area (Å²) in [5.74, 6) is -0.203. The van der Waals surface area contributed by atoms with E-state index >= 15 is 0 Å². The molecule has 0 radical (unpaired) electrons. The molecular formula is C20H25N3O4S2. The van der Waals surface area contributed by atoms with Gasteiger partial charge in [-0.25, -0.2) is 13.4 Å². The summed E-state index contributed by atoms with van der Waals surface area (Å²) in [6.45, 7) is 7.88. The van der Waals surface area contributed by atoms with Gasteiger partial charge in [0.15, 0.2) is 11.6 Å². The van der Waals surface area contributed by atoms with Crippen molar-refractivity contribution in [1.29, 1.82) is 0 Å². The van der Waals surface area contributed by atoms with Crippen LogP contribution in [0.2, 0.25) is 0 Å². The Morgan fingerprint density at radius 1 is 1.21 bits per heavy atom. The predicted octanol–water partition coefficient (Wildman–Crippen LogP) is 3.38. The van der Waals surface area contributed by atoms with Crippen LogP contribution in [0.1, 0.15) is 58.8 Å². The zero-order chi connectivity index (χ0) is 21.3. The van der Waals surface area contributed by atoms with Crippen LogP contribution in [0.3, 0.4) is 0 Å². The van der Waals surface area contributed by atoms with Gasteiger partial charge >= 0.3 is 0 Å². The minimum atomic E-state index is -3.50. The molecule has 29 heavy (non-hydrogen) atoms. The van der Waals surface area contributed by atoms with Gasteiger partial charge in [-0.2, -0.15) is 4.31 Å². The number of hydrogen-bond donors (Lipinski definition) is 1. The van der Waals surface area contributed by atoms with Crippen molar-refractivity contribution in [1.82, 2.24) is 14.3 Å². The van der Waals surface area contributed by atoms with E-state index in [1.807, 2.05) is 0 Å². The number of aryl methyl sites for hydroxylation is 1. The summed E-state index contributed by atoms with van der Waals surface area (Å²) < 4.78 is 26.6. The van der Waals surface area contributed by atoms with E-state index in [2.05, 4.69) is 9.97 Å². The predicted molar refractivity (Wildman–Crippen MR) is 112 cm³/mol. The van der Waals surface area contributed by atoms with Gasteiger partial charge in [0.25, 0.3) is 0 Å². The molecule has 0 aromatic carbocycles. The van der Waals surface area contributed by atoms with Crippen LogP contribution in [-0.4, -0.2) is 52.6 Å². The summed E-state index contributed by atoms with van der Waals surface area (Å²) in [6.07, 6.45) is 3.11. The summed E-state index contributed by atoms with van der Waals surface area (Å²) in [5, 5.41) is 0.124. The molecule has 2 aromatic heterocycles. The highest BCUT2D eigenvalue weighted by molar-refractivity contribution is 8.00. The maximum absolute atomic E-state index is 12.9. The van der Waals surface area contributed by atoms with E-state index in [4.69, 9.17) is 0 Å². The monoisotopic (exact) mass is 435 g/mol. The summed E-state index contributed by atoms with van der Waals surface area (Å²) >= 11 is 1.26. The molecular weight excluding hydrogens is 410 g/mol. The molecule has 2 aromatic rings. The van der Waals surface area contributed by atoms with Crippen LogP contribution in [0.25, 0.3) is 0 Å². The number of rotatable bonds is 7. The highest BCUT2D eigenvalue weighted by Gasteiger charge is 2.28. The number of carbonyl (C=O) groups is 2. The number of sulfonamides is 1. The molecule has 0 unspecified atom stereocenters. The van der Waals surface area contributed by atoms with E-state index in [0.717, 1.165) is 12.8 Å². The van der Waals surface area contributed by atoms with Gasteiger partial charge in [-0.05, 0) is 58.2 Å². The summed E-state index contributed by atoms with van der Waals surface area (Å²) in [6, 6.07) is 3.17. The number of nitrogens with one attached hydrogen (secondary N) is 1. The lowest BCUT2D eigenvalue weighted by Gasteiger charge is -2.15. The van der Waals surface area contributed by atoms with E-state index < -0.39 is 15.3 Å².